The molecule has 7 nitrogen and oxygen atoms in total. The predicted octanol–water partition coefficient (Wildman–Crippen LogP) is 3.26. The number of amides is 2. The molecule has 0 heterocycles. The summed E-state index contributed by atoms with van der Waals surface area (Å²) < 4.78 is 28.9. The average Bonchev–Trinajstić information content (AvgIpc) is 2.77. The lowest BCUT2D eigenvalue weighted by Gasteiger charge is -2.15. The number of nitrogens with one attached hydrogen (secondary N) is 1. The molecule has 8 heteroatoms. The molecule has 166 valence electrons. The molecular formula is C24H24N2O5S. The van der Waals surface area contributed by atoms with Gasteiger partial charge in [-0.2, -0.15) is 0 Å². The summed E-state index contributed by atoms with van der Waals surface area (Å²) in [5.41, 5.74) is 7.65. The van der Waals surface area contributed by atoms with Crippen LogP contribution in [0.15, 0.2) is 77.7 Å². The maximum Gasteiger partial charge on any atom is 0.252 e. The zero-order valence-corrected chi connectivity index (χ0v) is 18.6. The standard InChI is InChI=1S/C24H24N2O5S/c1-16(18-10-12-20(13-11-18)32(2,29)30)26-24(28)19-7-5-6-17(14-19)15-31-22-9-4-3-8-21(22)23(25)27/h3-14,16H,15H2,1-2H3,(H2,25,27)(H,26,28). The van der Waals surface area contributed by atoms with Crippen LogP contribution in [0.5, 0.6) is 5.75 Å². The molecule has 1 atom stereocenters. The van der Waals surface area contributed by atoms with Gasteiger partial charge in [-0.1, -0.05) is 36.4 Å². The fourth-order valence-corrected chi connectivity index (χ4v) is 3.76. The number of hydrogen-bond acceptors (Lipinski definition) is 5. The van der Waals surface area contributed by atoms with Crippen molar-refractivity contribution in [3.63, 3.8) is 0 Å². The number of carbonyl (C=O) groups excluding carboxylic acids is 2. The van der Waals surface area contributed by atoms with E-state index in [4.69, 9.17) is 10.5 Å². The molecule has 0 fully saturated rings. The molecule has 0 radical (unpaired) electrons. The highest BCUT2D eigenvalue weighted by atomic mass is 32.2. The van der Waals surface area contributed by atoms with E-state index in [0.717, 1.165) is 17.4 Å². The summed E-state index contributed by atoms with van der Waals surface area (Å²) in [7, 11) is -3.27. The van der Waals surface area contributed by atoms with Crippen molar-refractivity contribution in [2.45, 2.75) is 24.5 Å². The second-order valence-corrected chi connectivity index (χ2v) is 9.40. The van der Waals surface area contributed by atoms with Crippen molar-refractivity contribution in [2.24, 2.45) is 5.73 Å². The van der Waals surface area contributed by atoms with Crippen LogP contribution in [-0.2, 0) is 16.4 Å². The van der Waals surface area contributed by atoms with Gasteiger partial charge in [0, 0.05) is 11.8 Å². The maximum atomic E-state index is 12.7. The number of ether oxygens (including phenoxy) is 1. The van der Waals surface area contributed by atoms with E-state index in [-0.39, 0.29) is 29.0 Å². The predicted molar refractivity (Wildman–Crippen MR) is 121 cm³/mol. The number of carbonyl (C=O) groups is 2. The Morgan fingerprint density at radius 1 is 1.00 bits per heavy atom. The van der Waals surface area contributed by atoms with Crippen LogP contribution in [0.25, 0.3) is 0 Å². The minimum atomic E-state index is -3.27. The van der Waals surface area contributed by atoms with E-state index >= 15 is 0 Å². The van der Waals surface area contributed by atoms with Gasteiger partial charge in [-0.15, -0.1) is 0 Å². The van der Waals surface area contributed by atoms with Crippen molar-refractivity contribution in [3.8, 4) is 5.75 Å². The molecule has 0 spiro atoms. The number of rotatable bonds is 8. The monoisotopic (exact) mass is 452 g/mol. The molecular weight excluding hydrogens is 428 g/mol. The second kappa shape index (κ2) is 9.65. The number of hydrogen-bond donors (Lipinski definition) is 2. The van der Waals surface area contributed by atoms with Crippen LogP contribution in [0, 0.1) is 0 Å². The highest BCUT2D eigenvalue weighted by molar-refractivity contribution is 7.90. The van der Waals surface area contributed by atoms with Gasteiger partial charge in [0.25, 0.3) is 11.8 Å². The minimum Gasteiger partial charge on any atom is -0.488 e. The highest BCUT2D eigenvalue weighted by Crippen LogP contribution is 2.20. The van der Waals surface area contributed by atoms with Crippen LogP contribution in [0.1, 0.15) is 44.8 Å². The van der Waals surface area contributed by atoms with Crippen molar-refractivity contribution in [1.82, 2.24) is 5.32 Å². The summed E-state index contributed by atoms with van der Waals surface area (Å²) in [5.74, 6) is -0.475. The molecule has 0 aromatic heterocycles. The lowest BCUT2D eigenvalue weighted by Crippen LogP contribution is -2.26. The summed E-state index contributed by atoms with van der Waals surface area (Å²) in [5, 5.41) is 2.91. The molecule has 0 aliphatic rings. The van der Waals surface area contributed by atoms with Crippen molar-refractivity contribution >= 4 is 21.7 Å². The molecule has 0 aliphatic carbocycles. The van der Waals surface area contributed by atoms with Crippen LogP contribution >= 0.6 is 0 Å². The van der Waals surface area contributed by atoms with Crippen LogP contribution in [0.4, 0.5) is 0 Å². The Balaban J connectivity index is 1.67. The van der Waals surface area contributed by atoms with Crippen LogP contribution in [-0.4, -0.2) is 26.5 Å². The third-order valence-electron chi connectivity index (χ3n) is 4.89. The van der Waals surface area contributed by atoms with E-state index in [9.17, 15) is 18.0 Å². The number of benzene rings is 3. The molecule has 32 heavy (non-hydrogen) atoms. The van der Waals surface area contributed by atoms with Gasteiger partial charge in [-0.25, -0.2) is 8.42 Å². The average molecular weight is 453 g/mol. The second-order valence-electron chi connectivity index (χ2n) is 7.39. The smallest absolute Gasteiger partial charge is 0.252 e. The Labute approximate surface area is 187 Å². The summed E-state index contributed by atoms with van der Waals surface area (Å²) in [6.07, 6.45) is 1.15. The molecule has 3 aromatic rings. The van der Waals surface area contributed by atoms with Crippen molar-refractivity contribution in [2.75, 3.05) is 6.26 Å². The van der Waals surface area contributed by atoms with Gasteiger partial charge in [-0.3, -0.25) is 9.59 Å². The Morgan fingerprint density at radius 3 is 2.34 bits per heavy atom. The summed E-state index contributed by atoms with van der Waals surface area (Å²) >= 11 is 0. The van der Waals surface area contributed by atoms with Gasteiger partial charge >= 0.3 is 0 Å². The lowest BCUT2D eigenvalue weighted by atomic mass is 10.1. The van der Waals surface area contributed by atoms with E-state index in [0.29, 0.717) is 11.3 Å². The van der Waals surface area contributed by atoms with Gasteiger partial charge < -0.3 is 15.8 Å². The molecule has 3 aromatic carbocycles. The molecule has 1 unspecified atom stereocenters. The Morgan fingerprint density at radius 2 is 1.69 bits per heavy atom. The summed E-state index contributed by atoms with van der Waals surface area (Å²) in [4.78, 5) is 24.5. The van der Waals surface area contributed by atoms with Crippen molar-refractivity contribution < 1.29 is 22.7 Å². The first-order valence-corrected chi connectivity index (χ1v) is 11.8. The molecule has 0 saturated heterocycles. The number of primary amides is 1. The summed E-state index contributed by atoms with van der Waals surface area (Å²) in [6, 6.07) is 19.8. The largest absolute Gasteiger partial charge is 0.488 e. The van der Waals surface area contributed by atoms with Gasteiger partial charge in [0.2, 0.25) is 0 Å². The number of sulfone groups is 1. The van der Waals surface area contributed by atoms with Gasteiger partial charge in [0.1, 0.15) is 12.4 Å². The third kappa shape index (κ3) is 5.73. The van der Waals surface area contributed by atoms with Gasteiger partial charge in [0.15, 0.2) is 9.84 Å². The van der Waals surface area contributed by atoms with E-state index in [1.165, 1.54) is 12.1 Å². The third-order valence-corrected chi connectivity index (χ3v) is 6.02. The molecule has 3 N–H and O–H groups in total. The topological polar surface area (TPSA) is 116 Å². The number of nitrogens with two attached hydrogens (primary N) is 1. The van der Waals surface area contributed by atoms with E-state index < -0.39 is 15.7 Å². The first kappa shape index (κ1) is 23.0. The fraction of sp³-hybridized carbons (Fsp3) is 0.167. The molecule has 2 amide bonds. The first-order valence-electron chi connectivity index (χ1n) is 9.86. The van der Waals surface area contributed by atoms with Gasteiger partial charge in [-0.05, 0) is 54.4 Å². The lowest BCUT2D eigenvalue weighted by molar-refractivity contribution is 0.0938. The molecule has 0 aliphatic heterocycles. The normalized spacial score (nSPS) is 12.1. The zero-order valence-electron chi connectivity index (χ0n) is 17.7. The SMILES string of the molecule is CC(NC(=O)c1cccc(COc2ccccc2C(N)=O)c1)c1ccc(S(C)(=O)=O)cc1. The van der Waals surface area contributed by atoms with Crippen molar-refractivity contribution in [3.05, 3.63) is 95.1 Å². The van der Waals surface area contributed by atoms with Crippen molar-refractivity contribution in [1.29, 1.82) is 0 Å². The minimum absolute atomic E-state index is 0.161. The Hall–Kier alpha value is -3.65. The van der Waals surface area contributed by atoms with Crippen LogP contribution in [0.2, 0.25) is 0 Å². The maximum absolute atomic E-state index is 12.7. The van der Waals surface area contributed by atoms with Crippen LogP contribution < -0.4 is 15.8 Å². The Kier molecular flexibility index (Phi) is 6.95. The van der Waals surface area contributed by atoms with E-state index in [1.54, 1.807) is 54.6 Å². The van der Waals surface area contributed by atoms with Crippen LogP contribution in [0.3, 0.4) is 0 Å². The van der Waals surface area contributed by atoms with E-state index in [2.05, 4.69) is 5.32 Å². The first-order chi connectivity index (χ1) is 15.1. The highest BCUT2D eigenvalue weighted by Gasteiger charge is 2.14. The Bertz CT molecular complexity index is 1240. The fourth-order valence-electron chi connectivity index (χ4n) is 3.13. The molecule has 3 rings (SSSR count). The molecule has 0 bridgehead atoms. The van der Waals surface area contributed by atoms with E-state index in [1.807, 2.05) is 13.0 Å². The molecule has 0 saturated carbocycles. The zero-order chi connectivity index (χ0) is 23.3. The summed E-state index contributed by atoms with van der Waals surface area (Å²) in [6.45, 7) is 1.98. The van der Waals surface area contributed by atoms with Gasteiger partial charge in [0.05, 0.1) is 16.5 Å². The quantitative estimate of drug-likeness (QED) is 0.544. The number of para-hydroxylation sites is 1.